The van der Waals surface area contributed by atoms with Gasteiger partial charge in [0.15, 0.2) is 0 Å². The van der Waals surface area contributed by atoms with Crippen LogP contribution in [0.4, 0.5) is 0 Å². The van der Waals surface area contributed by atoms with Crippen molar-refractivity contribution in [3.05, 3.63) is 68.6 Å². The monoisotopic (exact) mass is 353 g/mol. The molecule has 3 rings (SSSR count). The van der Waals surface area contributed by atoms with Gasteiger partial charge in [-0.1, -0.05) is 24.3 Å². The molecule has 0 spiro atoms. The van der Waals surface area contributed by atoms with Crippen LogP contribution in [0.1, 0.15) is 45.1 Å². The van der Waals surface area contributed by atoms with E-state index in [-0.39, 0.29) is 17.0 Å². The molecule has 1 saturated heterocycles. The maximum atomic E-state index is 12.4. The number of aromatic nitrogens is 1. The predicted molar refractivity (Wildman–Crippen MR) is 104 cm³/mol. The van der Waals surface area contributed by atoms with Crippen molar-refractivity contribution in [1.82, 2.24) is 15.2 Å². The Bertz CT molecular complexity index is 857. The number of aryl methyl sites for hydroxylation is 3. The van der Waals surface area contributed by atoms with Gasteiger partial charge in [-0.2, -0.15) is 0 Å². The largest absolute Gasteiger partial charge is 0.351 e. The number of carbonyl (C=O) groups excluding carboxylic acids is 1. The van der Waals surface area contributed by atoms with E-state index in [2.05, 4.69) is 46.4 Å². The molecule has 26 heavy (non-hydrogen) atoms. The number of nitrogens with zero attached hydrogens (tertiary/aromatic N) is 1. The number of amides is 1. The van der Waals surface area contributed by atoms with Crippen LogP contribution in [0.2, 0.25) is 0 Å². The lowest BCUT2D eigenvalue weighted by Gasteiger charge is -2.17. The Balaban J connectivity index is 1.53. The summed E-state index contributed by atoms with van der Waals surface area (Å²) in [4.78, 5) is 29.5. The third kappa shape index (κ3) is 4.05. The fraction of sp³-hybridized carbons (Fsp3) is 0.429. The second kappa shape index (κ2) is 7.87. The Hall–Kier alpha value is -2.40. The van der Waals surface area contributed by atoms with Crippen LogP contribution < -0.4 is 10.9 Å². The highest BCUT2D eigenvalue weighted by Crippen LogP contribution is 2.28. The molecule has 1 aromatic carbocycles. The fourth-order valence-corrected chi connectivity index (χ4v) is 3.89. The molecule has 5 nitrogen and oxygen atoms in total. The van der Waals surface area contributed by atoms with Crippen LogP contribution in [-0.2, 0) is 0 Å². The van der Waals surface area contributed by atoms with Gasteiger partial charge in [-0.25, -0.2) is 0 Å². The first-order chi connectivity index (χ1) is 12.5. The maximum absolute atomic E-state index is 12.4. The summed E-state index contributed by atoms with van der Waals surface area (Å²) in [6.07, 6.45) is 1.15. The Morgan fingerprint density at radius 3 is 2.73 bits per heavy atom. The summed E-state index contributed by atoms with van der Waals surface area (Å²) < 4.78 is 0. The normalized spacial score (nSPS) is 17.4. The van der Waals surface area contributed by atoms with Gasteiger partial charge in [-0.15, -0.1) is 0 Å². The van der Waals surface area contributed by atoms with Gasteiger partial charge in [0.1, 0.15) is 5.56 Å². The molecule has 0 aliphatic carbocycles. The molecule has 0 radical (unpaired) electrons. The molecule has 1 fully saturated rings. The Morgan fingerprint density at radius 1 is 1.23 bits per heavy atom. The molecule has 0 saturated carbocycles. The topological polar surface area (TPSA) is 65.2 Å². The molecule has 1 atom stereocenters. The first-order valence-corrected chi connectivity index (χ1v) is 9.22. The van der Waals surface area contributed by atoms with Gasteiger partial charge >= 0.3 is 0 Å². The van der Waals surface area contributed by atoms with Gasteiger partial charge in [0.2, 0.25) is 0 Å². The van der Waals surface area contributed by atoms with Gasteiger partial charge in [-0.05, 0) is 62.4 Å². The quantitative estimate of drug-likeness (QED) is 0.868. The van der Waals surface area contributed by atoms with Crippen LogP contribution in [0.3, 0.4) is 0 Å². The van der Waals surface area contributed by atoms with E-state index in [0.717, 1.165) is 31.7 Å². The lowest BCUT2D eigenvalue weighted by atomic mass is 9.94. The zero-order valence-electron chi connectivity index (χ0n) is 15.8. The van der Waals surface area contributed by atoms with Gasteiger partial charge in [-0.3, -0.25) is 9.59 Å². The van der Waals surface area contributed by atoms with E-state index < -0.39 is 0 Å². The van der Waals surface area contributed by atoms with Crippen molar-refractivity contribution < 1.29 is 4.79 Å². The van der Waals surface area contributed by atoms with E-state index in [1.807, 2.05) is 13.0 Å². The number of hydrogen-bond acceptors (Lipinski definition) is 3. The van der Waals surface area contributed by atoms with Crippen LogP contribution >= 0.6 is 0 Å². The molecule has 2 aromatic rings. The van der Waals surface area contributed by atoms with Gasteiger partial charge in [0.25, 0.3) is 11.5 Å². The fourth-order valence-electron chi connectivity index (χ4n) is 3.89. The summed E-state index contributed by atoms with van der Waals surface area (Å²) in [5.41, 5.74) is 4.16. The van der Waals surface area contributed by atoms with Crippen LogP contribution in [0, 0.1) is 20.8 Å². The van der Waals surface area contributed by atoms with E-state index in [1.54, 1.807) is 6.92 Å². The molecule has 1 aliphatic rings. The van der Waals surface area contributed by atoms with Crippen molar-refractivity contribution in [3.8, 4) is 0 Å². The van der Waals surface area contributed by atoms with Gasteiger partial charge in [0, 0.05) is 25.3 Å². The molecular weight excluding hydrogens is 326 g/mol. The molecule has 2 N–H and O–H groups in total. The average Bonchev–Trinajstić information content (AvgIpc) is 3.03. The highest BCUT2D eigenvalue weighted by molar-refractivity contribution is 5.95. The van der Waals surface area contributed by atoms with Crippen LogP contribution in [-0.4, -0.2) is 42.0 Å². The van der Waals surface area contributed by atoms with E-state index in [9.17, 15) is 9.59 Å². The minimum Gasteiger partial charge on any atom is -0.351 e. The number of H-pyrrole nitrogens is 1. The van der Waals surface area contributed by atoms with Crippen LogP contribution in [0.15, 0.2) is 35.1 Å². The number of rotatable bonds is 5. The van der Waals surface area contributed by atoms with Crippen LogP contribution in [0.25, 0.3) is 0 Å². The molecule has 138 valence electrons. The summed E-state index contributed by atoms with van der Waals surface area (Å²) in [5, 5.41) is 2.89. The van der Waals surface area contributed by atoms with E-state index >= 15 is 0 Å². The molecule has 5 heteroatoms. The number of nitrogens with one attached hydrogen (secondary N) is 2. The zero-order chi connectivity index (χ0) is 18.7. The van der Waals surface area contributed by atoms with E-state index in [0.29, 0.717) is 18.0 Å². The van der Waals surface area contributed by atoms with Crippen molar-refractivity contribution in [2.24, 2.45) is 0 Å². The van der Waals surface area contributed by atoms with Crippen molar-refractivity contribution in [2.75, 3.05) is 26.2 Å². The molecular formula is C21H27N3O2. The maximum Gasteiger partial charge on any atom is 0.261 e. The first kappa shape index (κ1) is 18.4. The lowest BCUT2D eigenvalue weighted by Crippen LogP contribution is -2.36. The summed E-state index contributed by atoms with van der Waals surface area (Å²) in [5.74, 6) is 0.271. The summed E-state index contributed by atoms with van der Waals surface area (Å²) in [6.45, 7) is 9.19. The zero-order valence-corrected chi connectivity index (χ0v) is 15.8. The molecule has 0 unspecified atom stereocenters. The van der Waals surface area contributed by atoms with E-state index in [4.69, 9.17) is 0 Å². The summed E-state index contributed by atoms with van der Waals surface area (Å²) in [6, 6.07) is 10.4. The van der Waals surface area contributed by atoms with Crippen molar-refractivity contribution >= 4 is 5.91 Å². The third-order valence-corrected chi connectivity index (χ3v) is 5.21. The highest BCUT2D eigenvalue weighted by Gasteiger charge is 2.24. The highest BCUT2D eigenvalue weighted by atomic mass is 16.2. The molecule has 1 aromatic heterocycles. The van der Waals surface area contributed by atoms with Gasteiger partial charge < -0.3 is 15.2 Å². The smallest absolute Gasteiger partial charge is 0.261 e. The van der Waals surface area contributed by atoms with Crippen LogP contribution in [0.5, 0.6) is 0 Å². The molecule has 1 aliphatic heterocycles. The summed E-state index contributed by atoms with van der Waals surface area (Å²) in [7, 11) is 0. The number of hydrogen-bond donors (Lipinski definition) is 2. The number of carbonyl (C=O) groups is 1. The molecule has 2 heterocycles. The number of pyridine rings is 1. The lowest BCUT2D eigenvalue weighted by molar-refractivity contribution is 0.0947. The molecule has 0 bridgehead atoms. The summed E-state index contributed by atoms with van der Waals surface area (Å²) >= 11 is 0. The third-order valence-electron chi connectivity index (χ3n) is 5.21. The number of aromatic amines is 1. The standard InChI is InChI=1S/C21H27N3O2/c1-14-6-4-5-7-18(14)17-8-10-24(13-17)11-9-22-20(25)19-15(2)12-16(3)23-21(19)26/h4-7,12,17H,8-11,13H2,1-3H3,(H,22,25)(H,23,26)/t17-/m1/s1. The van der Waals surface area contributed by atoms with Crippen molar-refractivity contribution in [2.45, 2.75) is 33.1 Å². The predicted octanol–water partition coefficient (Wildman–Crippen LogP) is 2.52. The Kier molecular flexibility index (Phi) is 5.57. The number of likely N-dealkylation sites (tertiary alicyclic amines) is 1. The Morgan fingerprint density at radius 2 is 2.00 bits per heavy atom. The average molecular weight is 353 g/mol. The molecule has 1 amide bonds. The number of benzene rings is 1. The van der Waals surface area contributed by atoms with Gasteiger partial charge in [0.05, 0.1) is 0 Å². The van der Waals surface area contributed by atoms with E-state index in [1.165, 1.54) is 11.1 Å². The SMILES string of the molecule is Cc1cc(C)c(C(=O)NCCN2CC[C@@H](c3ccccc3C)C2)c(=O)[nH]1. The second-order valence-corrected chi connectivity index (χ2v) is 7.24. The minimum absolute atomic E-state index is 0.217. The second-order valence-electron chi connectivity index (χ2n) is 7.24. The van der Waals surface area contributed by atoms with Crippen molar-refractivity contribution in [3.63, 3.8) is 0 Å². The minimum atomic E-state index is -0.319. The Labute approximate surface area is 154 Å². The van der Waals surface area contributed by atoms with Crippen molar-refractivity contribution in [1.29, 1.82) is 0 Å². The first-order valence-electron chi connectivity index (χ1n) is 9.22.